The zero-order valence-electron chi connectivity index (χ0n) is 15.0. The zero-order chi connectivity index (χ0) is 17.9. The molecule has 1 saturated carbocycles. The van der Waals surface area contributed by atoms with Gasteiger partial charge in [0, 0.05) is 0 Å². The molecule has 2 aliphatic carbocycles. The number of carbonyl (C=O) groups is 1. The number of fused-ring (bicyclic) bond motifs is 3. The molecule has 4 nitrogen and oxygen atoms in total. The number of rotatable bonds is 2. The first-order valence-corrected chi connectivity index (χ1v) is 8.79. The van der Waals surface area contributed by atoms with Crippen molar-refractivity contribution >= 4 is 5.97 Å². The van der Waals surface area contributed by atoms with Gasteiger partial charge >= 0.3 is 5.97 Å². The Labute approximate surface area is 143 Å². The molecule has 0 saturated heterocycles. The molecule has 0 bridgehead atoms. The monoisotopic (exact) mass is 332 g/mol. The lowest BCUT2D eigenvalue weighted by molar-refractivity contribution is -0.159. The molecule has 24 heavy (non-hydrogen) atoms. The van der Waals surface area contributed by atoms with Crippen molar-refractivity contribution in [2.75, 3.05) is 0 Å². The van der Waals surface area contributed by atoms with E-state index in [2.05, 4.69) is 6.92 Å². The van der Waals surface area contributed by atoms with E-state index in [1.54, 1.807) is 13.8 Å². The van der Waals surface area contributed by atoms with Crippen LogP contribution in [0.1, 0.15) is 76.2 Å². The Morgan fingerprint density at radius 2 is 1.92 bits per heavy atom. The summed E-state index contributed by atoms with van der Waals surface area (Å²) in [6.45, 7) is 7.44. The number of aliphatic hydroxyl groups is 2. The fourth-order valence-corrected chi connectivity index (χ4v) is 5.06. The average Bonchev–Trinajstić information content (AvgIpc) is 2.48. The third-order valence-electron chi connectivity index (χ3n) is 6.61. The predicted molar refractivity (Wildman–Crippen MR) is 91.7 cm³/mol. The highest BCUT2D eigenvalue weighted by Gasteiger charge is 2.56. The van der Waals surface area contributed by atoms with Crippen LogP contribution >= 0.6 is 0 Å². The average molecular weight is 332 g/mol. The third kappa shape index (κ3) is 2.39. The summed E-state index contributed by atoms with van der Waals surface area (Å²) in [6, 6.07) is 5.80. The normalized spacial score (nSPS) is 35.9. The summed E-state index contributed by atoms with van der Waals surface area (Å²) in [5, 5.41) is 30.8. The molecule has 132 valence electrons. The zero-order valence-corrected chi connectivity index (χ0v) is 15.0. The minimum atomic E-state index is -0.964. The van der Waals surface area contributed by atoms with Crippen LogP contribution in [-0.4, -0.2) is 21.3 Å². The molecule has 1 fully saturated rings. The Morgan fingerprint density at radius 3 is 2.50 bits per heavy atom. The highest BCUT2D eigenvalue weighted by Crippen LogP contribution is 2.59. The Kier molecular flexibility index (Phi) is 3.85. The van der Waals surface area contributed by atoms with Gasteiger partial charge in [0.05, 0.1) is 17.1 Å². The second-order valence-electron chi connectivity index (χ2n) is 8.66. The van der Waals surface area contributed by atoms with Crippen LogP contribution in [0.5, 0.6) is 0 Å². The number of benzene rings is 1. The molecule has 1 unspecified atom stereocenters. The van der Waals surface area contributed by atoms with Crippen molar-refractivity contribution in [2.24, 2.45) is 11.3 Å². The maximum absolute atomic E-state index is 12.0. The van der Waals surface area contributed by atoms with Crippen molar-refractivity contribution in [1.82, 2.24) is 0 Å². The summed E-state index contributed by atoms with van der Waals surface area (Å²) in [5.41, 5.74) is 0.654. The Balaban J connectivity index is 2.15. The first kappa shape index (κ1) is 17.4. The molecule has 1 aromatic carbocycles. The van der Waals surface area contributed by atoms with E-state index in [4.69, 9.17) is 0 Å². The fourth-order valence-electron chi connectivity index (χ4n) is 5.06. The van der Waals surface area contributed by atoms with Crippen LogP contribution in [0.4, 0.5) is 0 Å². The number of hydrogen-bond acceptors (Lipinski definition) is 3. The molecule has 3 rings (SSSR count). The fraction of sp³-hybridized carbons (Fsp3) is 0.650. The van der Waals surface area contributed by atoms with E-state index < -0.39 is 23.1 Å². The van der Waals surface area contributed by atoms with E-state index in [0.717, 1.165) is 29.5 Å². The number of aliphatic hydroxyl groups excluding tert-OH is 1. The lowest BCUT2D eigenvalue weighted by atomic mass is 9.49. The van der Waals surface area contributed by atoms with Crippen LogP contribution in [0.2, 0.25) is 0 Å². The summed E-state index contributed by atoms with van der Waals surface area (Å²) in [7, 11) is 0. The summed E-state index contributed by atoms with van der Waals surface area (Å²) < 4.78 is 0. The molecule has 0 heterocycles. The molecular weight excluding hydrogens is 304 g/mol. The van der Waals surface area contributed by atoms with Crippen molar-refractivity contribution in [3.8, 4) is 0 Å². The highest BCUT2D eigenvalue weighted by molar-refractivity contribution is 5.75. The van der Waals surface area contributed by atoms with Crippen molar-refractivity contribution < 1.29 is 20.1 Å². The molecule has 0 spiro atoms. The Morgan fingerprint density at radius 1 is 1.25 bits per heavy atom. The molecule has 0 amide bonds. The van der Waals surface area contributed by atoms with Gasteiger partial charge in [-0.3, -0.25) is 4.79 Å². The van der Waals surface area contributed by atoms with Gasteiger partial charge in [0.1, 0.15) is 0 Å². The molecule has 0 aliphatic heterocycles. The summed E-state index contributed by atoms with van der Waals surface area (Å²) in [4.78, 5) is 12.0. The van der Waals surface area contributed by atoms with E-state index in [1.807, 2.05) is 25.1 Å². The number of aliphatic carboxylic acids is 1. The largest absolute Gasteiger partial charge is 0.481 e. The van der Waals surface area contributed by atoms with Gasteiger partial charge in [0.25, 0.3) is 0 Å². The molecule has 0 aromatic heterocycles. The molecule has 4 heteroatoms. The Bertz CT molecular complexity index is 675. The molecule has 4 atom stereocenters. The third-order valence-corrected chi connectivity index (χ3v) is 6.61. The van der Waals surface area contributed by atoms with Gasteiger partial charge in [-0.15, -0.1) is 0 Å². The van der Waals surface area contributed by atoms with E-state index in [-0.39, 0.29) is 11.3 Å². The molecular formula is C20H28O4. The van der Waals surface area contributed by atoms with Gasteiger partial charge in [-0.05, 0) is 68.1 Å². The van der Waals surface area contributed by atoms with E-state index >= 15 is 0 Å². The molecule has 2 aliphatic rings. The smallest absolute Gasteiger partial charge is 0.309 e. The van der Waals surface area contributed by atoms with Crippen LogP contribution in [0.15, 0.2) is 18.2 Å². The van der Waals surface area contributed by atoms with Gasteiger partial charge in [-0.25, -0.2) is 0 Å². The number of carboxylic acid groups (broad SMARTS) is 1. The van der Waals surface area contributed by atoms with E-state index in [1.165, 1.54) is 0 Å². The molecule has 3 N–H and O–H groups in total. The summed E-state index contributed by atoms with van der Waals surface area (Å²) in [5.74, 6) is -0.853. The van der Waals surface area contributed by atoms with Crippen molar-refractivity contribution in [1.29, 1.82) is 0 Å². The highest BCUT2D eigenvalue weighted by atomic mass is 16.4. The second-order valence-corrected chi connectivity index (χ2v) is 8.66. The topological polar surface area (TPSA) is 77.8 Å². The minimum absolute atomic E-state index is 0.0910. The van der Waals surface area contributed by atoms with Crippen LogP contribution < -0.4 is 0 Å². The van der Waals surface area contributed by atoms with Crippen molar-refractivity contribution in [2.45, 2.75) is 70.5 Å². The SMILES string of the molecule is CC(C)(O)c1ccc2c(c1)[C@H](O)CC1[C@](C)(C(=O)O)CCC[C@]21C. The minimum Gasteiger partial charge on any atom is -0.481 e. The first-order chi connectivity index (χ1) is 11.0. The first-order valence-electron chi connectivity index (χ1n) is 8.79. The standard InChI is InChI=1S/C20H28O4/c1-18(2,24)12-6-7-14-13(10-12)15(21)11-16-19(14,3)8-5-9-20(16,4)17(22)23/h6-7,10,15-16,21,24H,5,8-9,11H2,1-4H3,(H,22,23)/t15-,16?,19-,20-/m1/s1. The lowest BCUT2D eigenvalue weighted by Gasteiger charge is -2.54. The second kappa shape index (κ2) is 5.30. The van der Waals surface area contributed by atoms with Gasteiger partial charge in [0.15, 0.2) is 0 Å². The van der Waals surface area contributed by atoms with Gasteiger partial charge in [-0.1, -0.05) is 31.5 Å². The molecule has 1 aromatic rings. The quantitative estimate of drug-likeness (QED) is 0.774. The molecule has 0 radical (unpaired) electrons. The van der Waals surface area contributed by atoms with Crippen LogP contribution in [0, 0.1) is 11.3 Å². The van der Waals surface area contributed by atoms with Gasteiger partial charge in [0.2, 0.25) is 0 Å². The van der Waals surface area contributed by atoms with Crippen molar-refractivity contribution in [3.63, 3.8) is 0 Å². The Hall–Kier alpha value is -1.39. The number of hydrogen-bond donors (Lipinski definition) is 3. The maximum atomic E-state index is 12.0. The van der Waals surface area contributed by atoms with Crippen LogP contribution in [0.25, 0.3) is 0 Å². The lowest BCUT2D eigenvalue weighted by Crippen LogP contribution is -2.53. The van der Waals surface area contributed by atoms with Crippen LogP contribution in [-0.2, 0) is 15.8 Å². The van der Waals surface area contributed by atoms with Crippen molar-refractivity contribution in [3.05, 3.63) is 34.9 Å². The van der Waals surface area contributed by atoms with E-state index in [9.17, 15) is 20.1 Å². The predicted octanol–water partition coefficient (Wildman–Crippen LogP) is 3.50. The van der Waals surface area contributed by atoms with E-state index in [0.29, 0.717) is 12.8 Å². The van der Waals surface area contributed by atoms with Crippen LogP contribution in [0.3, 0.4) is 0 Å². The van der Waals surface area contributed by atoms with Gasteiger partial charge in [-0.2, -0.15) is 0 Å². The van der Waals surface area contributed by atoms with Gasteiger partial charge < -0.3 is 15.3 Å². The summed E-state index contributed by atoms with van der Waals surface area (Å²) >= 11 is 0. The maximum Gasteiger partial charge on any atom is 0.309 e. The number of carboxylic acids is 1. The summed E-state index contributed by atoms with van der Waals surface area (Å²) in [6.07, 6.45) is 2.24.